The SMILES string of the molecule is CC[C@H](C)C(OCc1ccccc1)[C@@H]1[C@H]([N+](=O)[O-])[C@H](c2ccccc2)N(C(=O)CN)[C@]1(C)C(=O)NCCC(=O)O. The second kappa shape index (κ2) is 13.5. The van der Waals surface area contributed by atoms with Gasteiger partial charge in [-0.2, -0.15) is 0 Å². The van der Waals surface area contributed by atoms with Gasteiger partial charge in [0.15, 0.2) is 0 Å². The molecule has 0 spiro atoms. The number of ether oxygens (including phenoxy) is 1. The number of carbonyl (C=O) groups is 3. The summed E-state index contributed by atoms with van der Waals surface area (Å²) in [5.41, 5.74) is 5.38. The van der Waals surface area contributed by atoms with Gasteiger partial charge in [-0.05, 0) is 24.0 Å². The van der Waals surface area contributed by atoms with Crippen molar-refractivity contribution in [2.75, 3.05) is 13.1 Å². The Bertz CT molecular complexity index is 1180. The lowest BCUT2D eigenvalue weighted by Crippen LogP contribution is -2.63. The van der Waals surface area contributed by atoms with Crippen molar-refractivity contribution in [3.8, 4) is 0 Å². The zero-order chi connectivity index (χ0) is 29.4. The predicted molar refractivity (Wildman–Crippen MR) is 147 cm³/mol. The Balaban J connectivity index is 2.23. The first kappa shape index (κ1) is 30.7. The number of carboxylic acids is 1. The number of nitrogens with zero attached hydrogens (tertiary/aromatic N) is 2. The summed E-state index contributed by atoms with van der Waals surface area (Å²) < 4.78 is 6.43. The summed E-state index contributed by atoms with van der Waals surface area (Å²) in [6.07, 6.45) is -0.562. The number of amides is 2. The molecule has 3 rings (SSSR count). The maximum atomic E-state index is 14.0. The Labute approximate surface area is 233 Å². The second-order valence-corrected chi connectivity index (χ2v) is 10.3. The highest BCUT2D eigenvalue weighted by Crippen LogP contribution is 2.51. The maximum absolute atomic E-state index is 14.0. The van der Waals surface area contributed by atoms with Crippen LogP contribution in [-0.4, -0.2) is 63.5 Å². The molecule has 2 aromatic carbocycles. The van der Waals surface area contributed by atoms with Crippen LogP contribution in [0, 0.1) is 22.0 Å². The third-order valence-electron chi connectivity index (χ3n) is 7.88. The summed E-state index contributed by atoms with van der Waals surface area (Å²) in [6.45, 7) is 4.80. The highest BCUT2D eigenvalue weighted by atomic mass is 16.6. The van der Waals surface area contributed by atoms with Crippen molar-refractivity contribution < 1.29 is 29.2 Å². The third kappa shape index (κ3) is 6.31. The van der Waals surface area contributed by atoms with E-state index in [-0.39, 0.29) is 25.5 Å². The van der Waals surface area contributed by atoms with Crippen LogP contribution in [0.15, 0.2) is 60.7 Å². The fourth-order valence-corrected chi connectivity index (χ4v) is 5.74. The van der Waals surface area contributed by atoms with E-state index in [1.54, 1.807) is 30.3 Å². The number of nitro groups is 1. The van der Waals surface area contributed by atoms with Crippen LogP contribution in [0.3, 0.4) is 0 Å². The minimum Gasteiger partial charge on any atom is -0.481 e. The number of carboxylic acid groups (broad SMARTS) is 1. The number of rotatable bonds is 13. The molecule has 4 N–H and O–H groups in total. The second-order valence-electron chi connectivity index (χ2n) is 10.3. The van der Waals surface area contributed by atoms with Crippen LogP contribution >= 0.6 is 0 Å². The molecular formula is C29H38N4O7. The molecule has 0 saturated carbocycles. The van der Waals surface area contributed by atoms with Gasteiger partial charge in [0, 0.05) is 11.5 Å². The van der Waals surface area contributed by atoms with E-state index in [0.29, 0.717) is 12.0 Å². The van der Waals surface area contributed by atoms with Gasteiger partial charge in [-0.3, -0.25) is 24.5 Å². The van der Waals surface area contributed by atoms with Crippen molar-refractivity contribution in [1.82, 2.24) is 10.2 Å². The zero-order valence-electron chi connectivity index (χ0n) is 23.1. The highest BCUT2D eigenvalue weighted by Gasteiger charge is 2.69. The third-order valence-corrected chi connectivity index (χ3v) is 7.88. The van der Waals surface area contributed by atoms with Gasteiger partial charge in [0.1, 0.15) is 11.6 Å². The molecule has 6 atom stereocenters. The molecule has 1 heterocycles. The molecule has 1 fully saturated rings. The highest BCUT2D eigenvalue weighted by molar-refractivity contribution is 5.93. The van der Waals surface area contributed by atoms with E-state index in [9.17, 15) is 24.5 Å². The zero-order valence-corrected chi connectivity index (χ0v) is 23.1. The molecule has 11 heteroatoms. The van der Waals surface area contributed by atoms with Gasteiger partial charge in [-0.1, -0.05) is 80.9 Å². The van der Waals surface area contributed by atoms with Crippen molar-refractivity contribution in [2.24, 2.45) is 17.6 Å². The maximum Gasteiger partial charge on any atom is 0.305 e. The van der Waals surface area contributed by atoms with Crippen molar-refractivity contribution in [3.05, 3.63) is 81.9 Å². The minimum atomic E-state index is -1.78. The average Bonchev–Trinajstić information content (AvgIpc) is 3.23. The molecule has 1 aliphatic rings. The van der Waals surface area contributed by atoms with E-state index in [0.717, 1.165) is 5.56 Å². The van der Waals surface area contributed by atoms with Crippen LogP contribution in [0.2, 0.25) is 0 Å². The molecule has 0 radical (unpaired) electrons. The van der Waals surface area contributed by atoms with E-state index in [4.69, 9.17) is 15.6 Å². The Kier molecular flexibility index (Phi) is 10.4. The van der Waals surface area contributed by atoms with Crippen LogP contribution < -0.4 is 11.1 Å². The van der Waals surface area contributed by atoms with E-state index in [1.807, 2.05) is 44.2 Å². The van der Waals surface area contributed by atoms with Crippen LogP contribution in [-0.2, 0) is 25.7 Å². The summed E-state index contributed by atoms with van der Waals surface area (Å²) in [5, 5.41) is 24.7. The predicted octanol–water partition coefficient (Wildman–Crippen LogP) is 2.77. The van der Waals surface area contributed by atoms with E-state index >= 15 is 0 Å². The lowest BCUT2D eigenvalue weighted by atomic mass is 9.74. The molecule has 11 nitrogen and oxygen atoms in total. The summed E-state index contributed by atoms with van der Waals surface area (Å²) in [6, 6.07) is 15.4. The number of carbonyl (C=O) groups excluding carboxylic acids is 2. The van der Waals surface area contributed by atoms with Gasteiger partial charge in [0.05, 0.1) is 31.6 Å². The first-order valence-corrected chi connectivity index (χ1v) is 13.4. The number of aliphatic carboxylic acids is 1. The van der Waals surface area contributed by atoms with Gasteiger partial charge >= 0.3 is 5.97 Å². The van der Waals surface area contributed by atoms with Crippen LogP contribution in [0.4, 0.5) is 0 Å². The molecule has 0 aromatic heterocycles. The van der Waals surface area contributed by atoms with Crippen LogP contribution in [0.5, 0.6) is 0 Å². The Morgan fingerprint density at radius 2 is 1.75 bits per heavy atom. The first-order valence-electron chi connectivity index (χ1n) is 13.4. The van der Waals surface area contributed by atoms with E-state index in [1.165, 1.54) is 11.8 Å². The quantitative estimate of drug-likeness (QED) is 0.251. The first-order chi connectivity index (χ1) is 19.1. The molecular weight excluding hydrogens is 516 g/mol. The number of nitrogens with two attached hydrogens (primary N) is 1. The Hall–Kier alpha value is -3.83. The van der Waals surface area contributed by atoms with Crippen molar-refractivity contribution >= 4 is 17.8 Å². The molecule has 0 aliphatic carbocycles. The fourth-order valence-electron chi connectivity index (χ4n) is 5.74. The number of likely N-dealkylation sites (tertiary alicyclic amines) is 1. The fraction of sp³-hybridized carbons (Fsp3) is 0.483. The number of nitrogens with one attached hydrogen (secondary N) is 1. The van der Waals surface area contributed by atoms with Crippen molar-refractivity contribution in [3.63, 3.8) is 0 Å². The van der Waals surface area contributed by atoms with Gasteiger partial charge in [-0.25, -0.2) is 0 Å². The average molecular weight is 555 g/mol. The van der Waals surface area contributed by atoms with Gasteiger partial charge in [0.2, 0.25) is 17.9 Å². The van der Waals surface area contributed by atoms with Crippen LogP contribution in [0.1, 0.15) is 50.8 Å². The lowest BCUT2D eigenvalue weighted by Gasteiger charge is -2.42. The molecule has 216 valence electrons. The molecule has 2 aromatic rings. The number of benzene rings is 2. The van der Waals surface area contributed by atoms with E-state index in [2.05, 4.69) is 5.32 Å². The smallest absolute Gasteiger partial charge is 0.305 e. The van der Waals surface area contributed by atoms with Gasteiger partial charge in [0.25, 0.3) is 0 Å². The normalized spacial score (nSPS) is 23.8. The minimum absolute atomic E-state index is 0.147. The molecule has 1 aliphatic heterocycles. The Morgan fingerprint density at radius 1 is 1.15 bits per heavy atom. The standard InChI is InChI=1S/C29H38N4O7/c1-4-19(2)27(40-18-20-11-7-5-8-12-20)24-26(33(38)39)25(21-13-9-6-10-14-21)32(22(34)17-30)29(24,3)28(37)31-16-15-23(35)36/h5-14,19,24-27H,4,15-18,30H2,1-3H3,(H,31,37)(H,35,36)/t19-,24-,25-,26-,27?,29-/m0/s1. The molecule has 40 heavy (non-hydrogen) atoms. The largest absolute Gasteiger partial charge is 0.481 e. The molecule has 0 bridgehead atoms. The summed E-state index contributed by atoms with van der Waals surface area (Å²) in [7, 11) is 0. The summed E-state index contributed by atoms with van der Waals surface area (Å²) in [5.74, 6) is -3.76. The van der Waals surface area contributed by atoms with Gasteiger partial charge in [-0.15, -0.1) is 0 Å². The Morgan fingerprint density at radius 3 is 2.27 bits per heavy atom. The number of hydrogen-bond acceptors (Lipinski definition) is 7. The number of hydrogen-bond donors (Lipinski definition) is 3. The molecule has 1 saturated heterocycles. The van der Waals surface area contributed by atoms with Crippen molar-refractivity contribution in [1.29, 1.82) is 0 Å². The van der Waals surface area contributed by atoms with Crippen LogP contribution in [0.25, 0.3) is 0 Å². The van der Waals surface area contributed by atoms with Gasteiger partial charge < -0.3 is 25.8 Å². The summed E-state index contributed by atoms with van der Waals surface area (Å²) in [4.78, 5) is 52.4. The monoisotopic (exact) mass is 554 g/mol. The van der Waals surface area contributed by atoms with E-state index < -0.39 is 58.9 Å². The van der Waals surface area contributed by atoms with Crippen molar-refractivity contribution in [2.45, 2.75) is 63.9 Å². The lowest BCUT2D eigenvalue weighted by molar-refractivity contribution is -0.536. The summed E-state index contributed by atoms with van der Waals surface area (Å²) >= 11 is 0. The topological polar surface area (TPSA) is 165 Å². The molecule has 1 unspecified atom stereocenters. The molecule has 2 amide bonds.